The van der Waals surface area contributed by atoms with Crippen LogP contribution >= 0.6 is 23.6 Å². The summed E-state index contributed by atoms with van der Waals surface area (Å²) in [6.45, 7) is 0.449. The van der Waals surface area contributed by atoms with Crippen molar-refractivity contribution < 1.29 is 19.4 Å². The van der Waals surface area contributed by atoms with Crippen LogP contribution in [0.5, 0.6) is 0 Å². The predicted molar refractivity (Wildman–Crippen MR) is 109 cm³/mol. The Hall–Kier alpha value is -2.45. The van der Waals surface area contributed by atoms with Crippen LogP contribution in [-0.2, 0) is 24.1 Å². The van der Waals surface area contributed by atoms with Crippen molar-refractivity contribution in [1.82, 2.24) is 5.32 Å². The summed E-state index contributed by atoms with van der Waals surface area (Å²) in [7, 11) is 1.39. The van der Waals surface area contributed by atoms with Gasteiger partial charge >= 0.3 is 11.9 Å². The van der Waals surface area contributed by atoms with Crippen LogP contribution in [0.25, 0.3) is 0 Å². The van der Waals surface area contributed by atoms with E-state index in [1.54, 1.807) is 35.6 Å². The Labute approximate surface area is 166 Å². The number of hydrogen-bond acceptors (Lipinski definition) is 5. The Bertz CT molecular complexity index is 875. The maximum atomic E-state index is 12.2. The van der Waals surface area contributed by atoms with Crippen molar-refractivity contribution in [2.45, 2.75) is 32.2 Å². The number of carboxylic acid groups (broad SMARTS) is 1. The first-order chi connectivity index (χ1) is 13.0. The van der Waals surface area contributed by atoms with Gasteiger partial charge in [-0.3, -0.25) is 0 Å². The van der Waals surface area contributed by atoms with E-state index in [0.29, 0.717) is 22.2 Å². The van der Waals surface area contributed by atoms with Crippen molar-refractivity contribution in [3.63, 3.8) is 0 Å². The highest BCUT2D eigenvalue weighted by molar-refractivity contribution is 7.80. The summed E-state index contributed by atoms with van der Waals surface area (Å²) in [6, 6.07) is 6.59. The van der Waals surface area contributed by atoms with Gasteiger partial charge in [-0.25, -0.2) is 9.59 Å². The lowest BCUT2D eigenvalue weighted by molar-refractivity contribution is 0.0600. The number of rotatable bonds is 5. The second-order valence-electron chi connectivity index (χ2n) is 6.22. The lowest BCUT2D eigenvalue weighted by Gasteiger charge is -2.12. The number of benzene rings is 1. The Morgan fingerprint density at radius 2 is 1.93 bits per heavy atom. The van der Waals surface area contributed by atoms with Gasteiger partial charge in [0.2, 0.25) is 0 Å². The molecular weight excluding hydrogens is 384 g/mol. The normalized spacial score (nSPS) is 12.8. The fraction of sp³-hybridized carbons (Fsp3) is 0.316. The molecule has 2 aromatic rings. The van der Waals surface area contributed by atoms with Crippen LogP contribution < -0.4 is 10.6 Å². The van der Waals surface area contributed by atoms with E-state index in [1.807, 2.05) is 0 Å². The van der Waals surface area contributed by atoms with E-state index in [-0.39, 0.29) is 11.5 Å². The van der Waals surface area contributed by atoms with Crippen molar-refractivity contribution in [1.29, 1.82) is 0 Å². The van der Waals surface area contributed by atoms with Crippen LogP contribution in [0.15, 0.2) is 24.3 Å². The van der Waals surface area contributed by atoms with E-state index in [1.165, 1.54) is 12.0 Å². The Morgan fingerprint density at radius 3 is 2.59 bits per heavy atom. The Morgan fingerprint density at radius 1 is 1.22 bits per heavy atom. The molecule has 0 atom stereocenters. The molecule has 1 aliphatic carbocycles. The minimum absolute atomic E-state index is 0.242. The zero-order valence-corrected chi connectivity index (χ0v) is 16.5. The number of fused-ring (bicyclic) bond motifs is 1. The number of carbonyl (C=O) groups is 2. The molecule has 0 spiro atoms. The van der Waals surface area contributed by atoms with Crippen molar-refractivity contribution in [3.8, 4) is 0 Å². The lowest BCUT2D eigenvalue weighted by atomic mass is 9.95. The molecule has 3 rings (SSSR count). The number of thiophene rings is 1. The summed E-state index contributed by atoms with van der Waals surface area (Å²) < 4.78 is 4.96. The van der Waals surface area contributed by atoms with Gasteiger partial charge < -0.3 is 20.5 Å². The summed E-state index contributed by atoms with van der Waals surface area (Å²) in [5.74, 6) is -1.30. The number of carboxylic acids is 1. The molecule has 1 aromatic carbocycles. The average molecular weight is 405 g/mol. The van der Waals surface area contributed by atoms with Crippen molar-refractivity contribution in [2.24, 2.45) is 0 Å². The standard InChI is InChI=1S/C19H20N2O4S2/c1-25-18(24)15-13-4-2-3-5-14(13)27-16(15)21-19(26)20-10-11-6-8-12(9-7-11)17(22)23/h6-9H,2-5,10H2,1H3,(H,22,23)(H2,20,21,26). The van der Waals surface area contributed by atoms with Gasteiger partial charge in [-0.15, -0.1) is 11.3 Å². The quantitative estimate of drug-likeness (QED) is 0.518. The van der Waals surface area contributed by atoms with Crippen molar-refractivity contribution in [2.75, 3.05) is 12.4 Å². The molecule has 0 bridgehead atoms. The third kappa shape index (κ3) is 4.45. The van der Waals surface area contributed by atoms with E-state index in [0.717, 1.165) is 36.8 Å². The minimum atomic E-state index is -0.955. The van der Waals surface area contributed by atoms with E-state index >= 15 is 0 Å². The van der Waals surface area contributed by atoms with Gasteiger partial charge in [0, 0.05) is 11.4 Å². The number of ether oxygens (including phenoxy) is 1. The van der Waals surface area contributed by atoms with Crippen LogP contribution in [0, 0.1) is 0 Å². The molecule has 1 aliphatic rings. The van der Waals surface area contributed by atoms with Gasteiger partial charge in [0.1, 0.15) is 5.00 Å². The summed E-state index contributed by atoms with van der Waals surface area (Å²) in [4.78, 5) is 24.4. The number of nitrogens with one attached hydrogen (secondary N) is 2. The fourth-order valence-corrected chi connectivity index (χ4v) is 4.59. The fourth-order valence-electron chi connectivity index (χ4n) is 3.07. The summed E-state index contributed by atoms with van der Waals surface area (Å²) in [5.41, 5.74) is 2.81. The molecule has 3 N–H and O–H groups in total. The van der Waals surface area contributed by atoms with Crippen LogP contribution in [0.4, 0.5) is 5.00 Å². The third-order valence-electron chi connectivity index (χ3n) is 4.44. The molecule has 0 saturated carbocycles. The molecule has 0 aliphatic heterocycles. The number of esters is 1. The summed E-state index contributed by atoms with van der Waals surface area (Å²) in [6.07, 6.45) is 4.06. The van der Waals surface area contributed by atoms with Crippen LogP contribution in [-0.4, -0.2) is 29.3 Å². The summed E-state index contributed by atoms with van der Waals surface area (Å²) >= 11 is 6.92. The third-order valence-corrected chi connectivity index (χ3v) is 5.90. The Balaban J connectivity index is 1.68. The first-order valence-electron chi connectivity index (χ1n) is 8.59. The largest absolute Gasteiger partial charge is 0.478 e. The van der Waals surface area contributed by atoms with Gasteiger partial charge in [-0.1, -0.05) is 12.1 Å². The minimum Gasteiger partial charge on any atom is -0.478 e. The van der Waals surface area contributed by atoms with Crippen LogP contribution in [0.3, 0.4) is 0 Å². The number of methoxy groups -OCH3 is 1. The Kier molecular flexibility index (Phi) is 6.08. The maximum absolute atomic E-state index is 12.2. The highest BCUT2D eigenvalue weighted by Gasteiger charge is 2.26. The number of carbonyl (C=O) groups excluding carboxylic acids is 1. The molecule has 27 heavy (non-hydrogen) atoms. The van der Waals surface area contributed by atoms with Gasteiger partial charge in [-0.2, -0.15) is 0 Å². The first kappa shape index (κ1) is 19.3. The number of hydrogen-bond donors (Lipinski definition) is 3. The SMILES string of the molecule is COC(=O)c1c(NC(=S)NCc2ccc(C(=O)O)cc2)sc2c1CCCC2. The van der Waals surface area contributed by atoms with Gasteiger partial charge in [0.05, 0.1) is 18.2 Å². The first-order valence-corrected chi connectivity index (χ1v) is 9.82. The smallest absolute Gasteiger partial charge is 0.341 e. The molecule has 0 amide bonds. The highest BCUT2D eigenvalue weighted by Crippen LogP contribution is 2.38. The van der Waals surface area contributed by atoms with E-state index in [4.69, 9.17) is 22.1 Å². The monoisotopic (exact) mass is 404 g/mol. The number of thiocarbonyl (C=S) groups is 1. The van der Waals surface area contributed by atoms with Crippen molar-refractivity contribution in [3.05, 3.63) is 51.4 Å². The van der Waals surface area contributed by atoms with Crippen LogP contribution in [0.1, 0.15) is 49.6 Å². The van der Waals surface area contributed by atoms with Gasteiger partial charge in [-0.05, 0) is 61.2 Å². The molecule has 0 radical (unpaired) electrons. The second kappa shape index (κ2) is 8.49. The van der Waals surface area contributed by atoms with Gasteiger partial charge in [0.15, 0.2) is 5.11 Å². The van der Waals surface area contributed by atoms with Crippen LogP contribution in [0.2, 0.25) is 0 Å². The van der Waals surface area contributed by atoms with E-state index in [9.17, 15) is 9.59 Å². The molecule has 6 nitrogen and oxygen atoms in total. The predicted octanol–water partition coefficient (Wildman–Crippen LogP) is 3.60. The van der Waals surface area contributed by atoms with E-state index in [2.05, 4.69) is 10.6 Å². The van der Waals surface area contributed by atoms with Gasteiger partial charge in [0.25, 0.3) is 0 Å². The molecule has 142 valence electrons. The molecular formula is C19H20N2O4S2. The van der Waals surface area contributed by atoms with E-state index < -0.39 is 5.97 Å². The molecule has 1 heterocycles. The maximum Gasteiger partial charge on any atom is 0.341 e. The van der Waals surface area contributed by atoms with Crippen molar-refractivity contribution >= 4 is 45.6 Å². The molecule has 0 saturated heterocycles. The topological polar surface area (TPSA) is 87.7 Å². The average Bonchev–Trinajstić information content (AvgIpc) is 3.03. The number of aromatic carboxylic acids is 1. The molecule has 0 fully saturated rings. The lowest BCUT2D eigenvalue weighted by Crippen LogP contribution is -2.28. The molecule has 8 heteroatoms. The summed E-state index contributed by atoms with van der Waals surface area (Å²) in [5, 5.41) is 16.3. The number of aryl methyl sites for hydroxylation is 1. The zero-order chi connectivity index (χ0) is 19.4. The second-order valence-corrected chi connectivity index (χ2v) is 7.73. The highest BCUT2D eigenvalue weighted by atomic mass is 32.1. The molecule has 0 unspecified atom stereocenters. The number of anilines is 1. The molecule has 1 aromatic heterocycles. The zero-order valence-electron chi connectivity index (χ0n) is 14.8.